The monoisotopic (exact) mass is 361 g/mol. The number of hydrogen-bond acceptors (Lipinski definition) is 4. The fraction of sp³-hybridized carbons (Fsp3) is 0.500. The molecule has 0 saturated carbocycles. The smallest absolute Gasteiger partial charge is 0.255 e. The average molecular weight is 361 g/mol. The molecule has 0 unspecified atom stereocenters. The molecule has 0 spiro atoms. The zero-order chi connectivity index (χ0) is 18.9. The summed E-state index contributed by atoms with van der Waals surface area (Å²) in [6, 6.07) is 7.05. The number of halogens is 1. The molecule has 142 valence electrons. The largest absolute Gasteiger partial charge is 0.476 e. The predicted octanol–water partition coefficient (Wildman–Crippen LogP) is 3.62. The van der Waals surface area contributed by atoms with Crippen LogP contribution in [0.3, 0.4) is 0 Å². The molecule has 0 fully saturated rings. The molecule has 0 radical (unpaired) electrons. The zero-order valence-electron chi connectivity index (χ0n) is 15.8. The third kappa shape index (κ3) is 4.91. The van der Waals surface area contributed by atoms with Crippen LogP contribution in [0.4, 0.5) is 4.39 Å². The first kappa shape index (κ1) is 20.1. The van der Waals surface area contributed by atoms with Crippen molar-refractivity contribution in [2.75, 3.05) is 32.8 Å². The highest BCUT2D eigenvalue weighted by Gasteiger charge is 2.21. The minimum absolute atomic E-state index is 0.00152. The molecule has 0 saturated heterocycles. The maximum absolute atomic E-state index is 14.9. The fourth-order valence-electron chi connectivity index (χ4n) is 2.75. The summed E-state index contributed by atoms with van der Waals surface area (Å²) in [6.07, 6.45) is 1.74. The van der Waals surface area contributed by atoms with E-state index in [1.54, 1.807) is 18.2 Å². The van der Waals surface area contributed by atoms with Gasteiger partial charge in [0.15, 0.2) is 5.82 Å². The maximum Gasteiger partial charge on any atom is 0.255 e. The van der Waals surface area contributed by atoms with Crippen molar-refractivity contribution in [3.8, 4) is 5.88 Å². The Balaban J connectivity index is 2.25. The van der Waals surface area contributed by atoms with E-state index in [0.29, 0.717) is 24.1 Å². The van der Waals surface area contributed by atoms with Gasteiger partial charge >= 0.3 is 0 Å². The van der Waals surface area contributed by atoms with E-state index in [0.717, 1.165) is 32.5 Å². The van der Waals surface area contributed by atoms with Crippen molar-refractivity contribution in [3.63, 3.8) is 0 Å². The summed E-state index contributed by atoms with van der Waals surface area (Å²) >= 11 is 0. The molecule has 5 nitrogen and oxygen atoms in total. The molecule has 1 amide bonds. The topological polar surface area (TPSA) is 54.5 Å². The van der Waals surface area contributed by atoms with Gasteiger partial charge in [0, 0.05) is 18.5 Å². The summed E-state index contributed by atoms with van der Waals surface area (Å²) < 4.78 is 20.4. The second-order valence-electron chi connectivity index (χ2n) is 6.11. The molecule has 6 heteroatoms. The number of carbonyl (C=O) groups excluding carboxylic acids is 1. The number of benzene rings is 1. The normalized spacial score (nSPS) is 11.1. The second kappa shape index (κ2) is 10.1. The van der Waals surface area contributed by atoms with Crippen LogP contribution in [0.25, 0.3) is 10.9 Å². The summed E-state index contributed by atoms with van der Waals surface area (Å²) in [4.78, 5) is 19.1. The Hall–Kier alpha value is -2.21. The molecule has 0 aliphatic heterocycles. The highest BCUT2D eigenvalue weighted by molar-refractivity contribution is 6.06. The standard InChI is InChI=1S/C20H28FN3O2/c1-4-7-14-26-20-18(21)17(15-10-8-9-11-16(15)23-20)19(25)22-12-13-24(5-2)6-3/h8-11H,4-7,12-14H2,1-3H3,(H,22,25). The van der Waals surface area contributed by atoms with Crippen molar-refractivity contribution in [2.24, 2.45) is 0 Å². The lowest BCUT2D eigenvalue weighted by molar-refractivity contribution is 0.0945. The summed E-state index contributed by atoms with van der Waals surface area (Å²) in [5, 5.41) is 3.32. The highest BCUT2D eigenvalue weighted by Crippen LogP contribution is 2.26. The number of carbonyl (C=O) groups is 1. The van der Waals surface area contributed by atoms with Crippen molar-refractivity contribution in [1.29, 1.82) is 0 Å². The number of ether oxygens (including phenoxy) is 1. The lowest BCUT2D eigenvalue weighted by Crippen LogP contribution is -2.35. The van der Waals surface area contributed by atoms with Crippen LogP contribution in [0, 0.1) is 5.82 Å². The number of fused-ring (bicyclic) bond motifs is 1. The van der Waals surface area contributed by atoms with Gasteiger partial charge in [-0.3, -0.25) is 4.79 Å². The quantitative estimate of drug-likeness (QED) is 0.657. The van der Waals surface area contributed by atoms with Crippen molar-refractivity contribution in [3.05, 3.63) is 35.6 Å². The van der Waals surface area contributed by atoms with Crippen LogP contribution < -0.4 is 10.1 Å². The Bertz CT molecular complexity index is 732. The van der Waals surface area contributed by atoms with E-state index in [1.807, 2.05) is 13.0 Å². The van der Waals surface area contributed by atoms with E-state index in [1.165, 1.54) is 0 Å². The van der Waals surface area contributed by atoms with Gasteiger partial charge in [-0.25, -0.2) is 9.37 Å². The van der Waals surface area contributed by atoms with Gasteiger partial charge in [0.25, 0.3) is 11.8 Å². The van der Waals surface area contributed by atoms with E-state index in [-0.39, 0.29) is 11.4 Å². The lowest BCUT2D eigenvalue weighted by atomic mass is 10.1. The van der Waals surface area contributed by atoms with Gasteiger partial charge in [0.1, 0.15) is 0 Å². The average Bonchev–Trinajstić information content (AvgIpc) is 2.65. The molecule has 26 heavy (non-hydrogen) atoms. The molecule has 0 aliphatic rings. The Morgan fingerprint density at radius 1 is 1.23 bits per heavy atom. The summed E-state index contributed by atoms with van der Waals surface area (Å²) in [5.41, 5.74) is 0.552. The van der Waals surface area contributed by atoms with Gasteiger partial charge in [-0.15, -0.1) is 0 Å². The van der Waals surface area contributed by atoms with Gasteiger partial charge < -0.3 is 15.0 Å². The number of para-hydroxylation sites is 1. The van der Waals surface area contributed by atoms with Crippen LogP contribution in [-0.4, -0.2) is 48.6 Å². The van der Waals surface area contributed by atoms with E-state index >= 15 is 0 Å². The Morgan fingerprint density at radius 3 is 2.65 bits per heavy atom. The van der Waals surface area contributed by atoms with Crippen LogP contribution in [0.1, 0.15) is 44.0 Å². The molecule has 0 bridgehead atoms. The molecule has 0 aliphatic carbocycles. The first-order valence-corrected chi connectivity index (χ1v) is 9.33. The molecule has 1 N–H and O–H groups in total. The molecular weight excluding hydrogens is 333 g/mol. The Morgan fingerprint density at radius 2 is 1.96 bits per heavy atom. The minimum atomic E-state index is -0.694. The SMILES string of the molecule is CCCCOc1nc2ccccc2c(C(=O)NCCN(CC)CC)c1F. The van der Waals surface area contributed by atoms with Crippen molar-refractivity contribution < 1.29 is 13.9 Å². The molecule has 2 rings (SSSR count). The molecule has 1 aromatic heterocycles. The third-order valence-corrected chi connectivity index (χ3v) is 4.37. The Labute approximate surface area is 154 Å². The van der Waals surface area contributed by atoms with Gasteiger partial charge in [-0.1, -0.05) is 45.4 Å². The highest BCUT2D eigenvalue weighted by atomic mass is 19.1. The summed E-state index contributed by atoms with van der Waals surface area (Å²) in [5.74, 6) is -1.24. The molecule has 0 atom stereocenters. The number of unbranched alkanes of at least 4 members (excludes halogenated alkanes) is 1. The number of likely N-dealkylation sites (N-methyl/N-ethyl adjacent to an activating group) is 1. The number of aromatic nitrogens is 1. The summed E-state index contributed by atoms with van der Waals surface area (Å²) in [6.45, 7) is 9.56. The molecule has 1 aromatic carbocycles. The van der Waals surface area contributed by atoms with Gasteiger partial charge in [-0.05, 0) is 25.6 Å². The molecule has 1 heterocycles. The molecule has 2 aromatic rings. The number of rotatable bonds is 10. The van der Waals surface area contributed by atoms with Gasteiger partial charge in [0.2, 0.25) is 0 Å². The lowest BCUT2D eigenvalue weighted by Gasteiger charge is -2.18. The van der Waals surface area contributed by atoms with E-state index in [9.17, 15) is 9.18 Å². The van der Waals surface area contributed by atoms with Crippen molar-refractivity contribution in [1.82, 2.24) is 15.2 Å². The van der Waals surface area contributed by atoms with Gasteiger partial charge in [0.05, 0.1) is 17.7 Å². The number of nitrogens with one attached hydrogen (secondary N) is 1. The van der Waals surface area contributed by atoms with Crippen molar-refractivity contribution >= 4 is 16.8 Å². The van der Waals surface area contributed by atoms with E-state index in [4.69, 9.17) is 4.74 Å². The maximum atomic E-state index is 14.9. The Kier molecular flexibility index (Phi) is 7.78. The predicted molar refractivity (Wildman–Crippen MR) is 102 cm³/mol. The zero-order valence-corrected chi connectivity index (χ0v) is 15.8. The first-order chi connectivity index (χ1) is 12.6. The van der Waals surface area contributed by atoms with Gasteiger partial charge in [-0.2, -0.15) is 0 Å². The van der Waals surface area contributed by atoms with E-state index < -0.39 is 11.7 Å². The van der Waals surface area contributed by atoms with Crippen LogP contribution in [0.2, 0.25) is 0 Å². The number of amides is 1. The van der Waals surface area contributed by atoms with Crippen LogP contribution >= 0.6 is 0 Å². The van der Waals surface area contributed by atoms with Crippen LogP contribution in [0.5, 0.6) is 5.88 Å². The summed E-state index contributed by atoms with van der Waals surface area (Å²) in [7, 11) is 0. The third-order valence-electron chi connectivity index (χ3n) is 4.37. The second-order valence-corrected chi connectivity index (χ2v) is 6.11. The minimum Gasteiger partial charge on any atom is -0.476 e. The van der Waals surface area contributed by atoms with Crippen LogP contribution in [0.15, 0.2) is 24.3 Å². The number of hydrogen-bond donors (Lipinski definition) is 1. The fourth-order valence-corrected chi connectivity index (χ4v) is 2.75. The molecular formula is C20H28FN3O2. The first-order valence-electron chi connectivity index (χ1n) is 9.33. The van der Waals surface area contributed by atoms with E-state index in [2.05, 4.69) is 29.0 Å². The number of nitrogens with zero attached hydrogens (tertiary/aromatic N) is 2. The number of pyridine rings is 1. The van der Waals surface area contributed by atoms with Crippen LogP contribution in [-0.2, 0) is 0 Å². The van der Waals surface area contributed by atoms with Crippen molar-refractivity contribution in [2.45, 2.75) is 33.6 Å².